The van der Waals surface area contributed by atoms with Crippen LogP contribution in [0, 0.1) is 0 Å². The molecule has 0 spiro atoms. The first-order chi connectivity index (χ1) is 11.5. The van der Waals surface area contributed by atoms with E-state index in [1.807, 2.05) is 0 Å². The molecule has 2 unspecified atom stereocenters. The summed E-state index contributed by atoms with van der Waals surface area (Å²) in [5.41, 5.74) is 6.29. The van der Waals surface area contributed by atoms with E-state index < -0.39 is 24.2 Å². The molecule has 1 aliphatic rings. The first kappa shape index (κ1) is 17.7. The predicted octanol–water partition coefficient (Wildman–Crippen LogP) is -0.237. The third kappa shape index (κ3) is 4.93. The Bertz CT molecular complexity index is 625. The normalized spacial score (nSPS) is 17.9. The topological polar surface area (TPSA) is 144 Å². The van der Waals surface area contributed by atoms with Crippen LogP contribution >= 0.6 is 0 Å². The highest BCUT2D eigenvalue weighted by molar-refractivity contribution is 5.87. The van der Waals surface area contributed by atoms with Crippen molar-refractivity contribution in [3.8, 4) is 0 Å². The second-order valence-electron chi connectivity index (χ2n) is 5.20. The number of ether oxygens (including phenoxy) is 2. The predicted molar refractivity (Wildman–Crippen MR) is 81.9 cm³/mol. The van der Waals surface area contributed by atoms with Crippen molar-refractivity contribution in [3.63, 3.8) is 0 Å². The number of carboxylic acid groups (broad SMARTS) is 1. The average Bonchev–Trinajstić information content (AvgIpc) is 3.22. The van der Waals surface area contributed by atoms with Gasteiger partial charge in [0.05, 0.1) is 6.61 Å². The summed E-state index contributed by atoms with van der Waals surface area (Å²) in [6, 6.07) is 2.18. The Labute approximate surface area is 137 Å². The number of nitrogens with one attached hydrogen (secondary N) is 2. The smallest absolute Gasteiger partial charge is 0.355 e. The second-order valence-corrected chi connectivity index (χ2v) is 5.20. The van der Waals surface area contributed by atoms with Gasteiger partial charge in [0.2, 0.25) is 5.91 Å². The molecule has 2 heterocycles. The molecule has 9 nitrogen and oxygen atoms in total. The van der Waals surface area contributed by atoms with Gasteiger partial charge in [0, 0.05) is 18.2 Å². The van der Waals surface area contributed by atoms with Gasteiger partial charge >= 0.3 is 11.9 Å². The van der Waals surface area contributed by atoms with Crippen LogP contribution in [-0.2, 0) is 19.1 Å². The van der Waals surface area contributed by atoms with Crippen molar-refractivity contribution in [2.24, 2.45) is 5.73 Å². The number of amides is 1. The lowest BCUT2D eigenvalue weighted by Gasteiger charge is -2.17. The van der Waals surface area contributed by atoms with Crippen LogP contribution in [0.4, 0.5) is 0 Å². The van der Waals surface area contributed by atoms with Crippen LogP contribution in [0.15, 0.2) is 30.0 Å². The molecule has 9 heteroatoms. The number of aliphatic carboxylic acids is 1. The average molecular weight is 337 g/mol. The fourth-order valence-electron chi connectivity index (χ4n) is 2.05. The number of hydrogen-bond acceptors (Lipinski definition) is 6. The van der Waals surface area contributed by atoms with Gasteiger partial charge in [-0.2, -0.15) is 0 Å². The van der Waals surface area contributed by atoms with Gasteiger partial charge in [-0.25, -0.2) is 4.79 Å². The molecule has 2 rings (SSSR count). The number of esters is 1. The third-order valence-corrected chi connectivity index (χ3v) is 3.42. The van der Waals surface area contributed by atoms with E-state index in [-0.39, 0.29) is 32.0 Å². The number of nitrogens with two attached hydrogens (primary N) is 1. The zero-order chi connectivity index (χ0) is 17.5. The van der Waals surface area contributed by atoms with E-state index in [4.69, 9.17) is 20.3 Å². The van der Waals surface area contributed by atoms with E-state index in [0.717, 1.165) is 0 Å². The van der Waals surface area contributed by atoms with Crippen LogP contribution in [-0.4, -0.2) is 53.4 Å². The van der Waals surface area contributed by atoms with Gasteiger partial charge in [0.15, 0.2) is 6.23 Å². The van der Waals surface area contributed by atoms with Crippen LogP contribution in [0.1, 0.15) is 23.3 Å². The number of hydrogen-bond donors (Lipinski definition) is 4. The Morgan fingerprint density at radius 1 is 1.50 bits per heavy atom. The summed E-state index contributed by atoms with van der Waals surface area (Å²) in [5.74, 6) is -2.05. The van der Waals surface area contributed by atoms with Crippen LogP contribution in [0.25, 0.3) is 0 Å². The molecule has 0 fully saturated rings. The molecule has 1 aromatic heterocycles. The molecule has 24 heavy (non-hydrogen) atoms. The highest BCUT2D eigenvalue weighted by Crippen LogP contribution is 2.14. The van der Waals surface area contributed by atoms with Gasteiger partial charge in [-0.1, -0.05) is 6.08 Å². The van der Waals surface area contributed by atoms with Crippen LogP contribution in [0.2, 0.25) is 0 Å². The summed E-state index contributed by atoms with van der Waals surface area (Å²) in [6.45, 7) is 0.270. The summed E-state index contributed by atoms with van der Waals surface area (Å²) in [6.07, 6.45) is 2.61. The van der Waals surface area contributed by atoms with Crippen LogP contribution < -0.4 is 11.1 Å². The second kappa shape index (κ2) is 8.27. The largest absolute Gasteiger partial charge is 0.480 e. The van der Waals surface area contributed by atoms with Crippen molar-refractivity contribution >= 4 is 17.8 Å². The summed E-state index contributed by atoms with van der Waals surface area (Å²) < 4.78 is 10.5. The number of carboxylic acids is 1. The van der Waals surface area contributed by atoms with Crippen LogP contribution in [0.5, 0.6) is 0 Å². The Morgan fingerprint density at radius 2 is 2.29 bits per heavy atom. The van der Waals surface area contributed by atoms with Gasteiger partial charge < -0.3 is 30.6 Å². The minimum Gasteiger partial charge on any atom is -0.480 e. The molecule has 130 valence electrons. The number of carbonyl (C=O) groups excluding carboxylic acids is 2. The molecule has 0 aliphatic carbocycles. The third-order valence-electron chi connectivity index (χ3n) is 3.42. The maximum atomic E-state index is 11.8. The standard InChI is InChI=1S/C15H19N3O6/c16-10(14(20)21)3-4-12(19)18-13-9(5-7-23-13)8-24-15(22)11-2-1-6-17-11/h1-2,5-6,10,13,17H,3-4,7-8,16H2,(H,18,19)(H,20,21). The first-order valence-electron chi connectivity index (χ1n) is 7.36. The summed E-state index contributed by atoms with van der Waals surface area (Å²) in [4.78, 5) is 36.9. The fourth-order valence-corrected chi connectivity index (χ4v) is 2.05. The zero-order valence-electron chi connectivity index (χ0n) is 12.9. The van der Waals surface area contributed by atoms with E-state index in [9.17, 15) is 14.4 Å². The van der Waals surface area contributed by atoms with Crippen molar-refractivity contribution in [1.29, 1.82) is 0 Å². The van der Waals surface area contributed by atoms with Gasteiger partial charge in [0.25, 0.3) is 0 Å². The molecule has 2 atom stereocenters. The lowest BCUT2D eigenvalue weighted by Crippen LogP contribution is -2.39. The number of rotatable bonds is 8. The zero-order valence-corrected chi connectivity index (χ0v) is 12.9. The molecule has 0 bridgehead atoms. The summed E-state index contributed by atoms with van der Waals surface area (Å²) in [7, 11) is 0. The molecular formula is C15H19N3O6. The van der Waals surface area contributed by atoms with Crippen molar-refractivity contribution in [3.05, 3.63) is 35.7 Å². The van der Waals surface area contributed by atoms with E-state index in [1.54, 1.807) is 24.4 Å². The highest BCUT2D eigenvalue weighted by atomic mass is 16.5. The fraction of sp³-hybridized carbons (Fsp3) is 0.400. The van der Waals surface area contributed by atoms with Crippen molar-refractivity contribution in [2.75, 3.05) is 13.2 Å². The molecular weight excluding hydrogens is 318 g/mol. The van der Waals surface area contributed by atoms with Crippen molar-refractivity contribution in [2.45, 2.75) is 25.1 Å². The maximum Gasteiger partial charge on any atom is 0.355 e. The van der Waals surface area contributed by atoms with E-state index in [2.05, 4.69) is 10.3 Å². The quantitative estimate of drug-likeness (QED) is 0.378. The molecule has 0 saturated carbocycles. The van der Waals surface area contributed by atoms with Crippen molar-refractivity contribution in [1.82, 2.24) is 10.3 Å². The monoisotopic (exact) mass is 337 g/mol. The Balaban J connectivity index is 1.77. The minimum absolute atomic E-state index is 0.0164. The minimum atomic E-state index is -1.16. The number of aromatic nitrogens is 1. The lowest BCUT2D eigenvalue weighted by molar-refractivity contribution is -0.138. The maximum absolute atomic E-state index is 11.8. The van der Waals surface area contributed by atoms with Gasteiger partial charge in [-0.15, -0.1) is 0 Å². The van der Waals surface area contributed by atoms with Crippen LogP contribution in [0.3, 0.4) is 0 Å². The van der Waals surface area contributed by atoms with Gasteiger partial charge in [0.1, 0.15) is 18.3 Å². The molecule has 1 amide bonds. The number of carbonyl (C=O) groups is 3. The molecule has 0 radical (unpaired) electrons. The Kier molecular flexibility index (Phi) is 6.10. The van der Waals surface area contributed by atoms with Crippen molar-refractivity contribution < 1.29 is 29.0 Å². The molecule has 5 N–H and O–H groups in total. The van der Waals surface area contributed by atoms with Gasteiger partial charge in [-0.05, 0) is 18.6 Å². The lowest BCUT2D eigenvalue weighted by atomic mass is 10.1. The Morgan fingerprint density at radius 3 is 2.96 bits per heavy atom. The Hall–Kier alpha value is -2.65. The number of H-pyrrole nitrogens is 1. The molecule has 1 aliphatic heterocycles. The summed E-state index contributed by atoms with van der Waals surface area (Å²) in [5, 5.41) is 11.3. The highest BCUT2D eigenvalue weighted by Gasteiger charge is 2.24. The number of aromatic amines is 1. The summed E-state index contributed by atoms with van der Waals surface area (Å²) >= 11 is 0. The molecule has 0 aromatic carbocycles. The van der Waals surface area contributed by atoms with E-state index in [0.29, 0.717) is 11.3 Å². The molecule has 1 aromatic rings. The van der Waals surface area contributed by atoms with E-state index >= 15 is 0 Å². The first-order valence-corrected chi connectivity index (χ1v) is 7.36. The van der Waals surface area contributed by atoms with Gasteiger partial charge in [-0.3, -0.25) is 9.59 Å². The van der Waals surface area contributed by atoms with E-state index in [1.165, 1.54) is 0 Å². The SMILES string of the molecule is NC(CCC(=O)NC1OCC=C1COC(=O)c1ccc[nH]1)C(=O)O. The molecule has 0 saturated heterocycles.